The molecule has 1 saturated heterocycles. The van der Waals surface area contributed by atoms with Gasteiger partial charge in [0, 0.05) is 25.7 Å². The van der Waals surface area contributed by atoms with Crippen LogP contribution in [0.2, 0.25) is 0 Å². The summed E-state index contributed by atoms with van der Waals surface area (Å²) in [5, 5.41) is 0. The Kier molecular flexibility index (Phi) is 5.37. The zero-order chi connectivity index (χ0) is 13.7. The lowest BCUT2D eigenvalue weighted by Crippen LogP contribution is -2.46. The first-order valence-corrected chi connectivity index (χ1v) is 7.33. The third kappa shape index (κ3) is 3.56. The molecule has 3 heteroatoms. The van der Waals surface area contributed by atoms with Gasteiger partial charge in [0.2, 0.25) is 0 Å². The van der Waals surface area contributed by atoms with E-state index in [-0.39, 0.29) is 6.04 Å². The van der Waals surface area contributed by atoms with Crippen LogP contribution in [0.15, 0.2) is 24.3 Å². The smallest absolute Gasteiger partial charge is 0.0589 e. The second-order valence-electron chi connectivity index (χ2n) is 5.37. The van der Waals surface area contributed by atoms with Gasteiger partial charge in [0.25, 0.3) is 0 Å². The van der Waals surface area contributed by atoms with Crippen LogP contribution >= 0.6 is 0 Å². The lowest BCUT2D eigenvalue weighted by atomic mass is 9.90. The Balaban J connectivity index is 2.15. The van der Waals surface area contributed by atoms with Crippen LogP contribution < -0.4 is 5.73 Å². The van der Waals surface area contributed by atoms with E-state index in [1.165, 1.54) is 17.5 Å². The fourth-order valence-corrected chi connectivity index (χ4v) is 2.97. The van der Waals surface area contributed by atoms with Gasteiger partial charge in [-0.25, -0.2) is 0 Å². The fraction of sp³-hybridized carbons (Fsp3) is 0.625. The highest BCUT2D eigenvalue weighted by atomic mass is 16.5. The molecule has 1 aromatic carbocycles. The highest BCUT2D eigenvalue weighted by molar-refractivity contribution is 5.26. The quantitative estimate of drug-likeness (QED) is 0.885. The molecule has 1 aromatic rings. The molecule has 1 heterocycles. The predicted octanol–water partition coefficient (Wildman–Crippen LogP) is 2.36. The summed E-state index contributed by atoms with van der Waals surface area (Å²) < 4.78 is 5.22. The first-order chi connectivity index (χ1) is 9.26. The summed E-state index contributed by atoms with van der Waals surface area (Å²) >= 11 is 0. The van der Waals surface area contributed by atoms with Crippen molar-refractivity contribution < 1.29 is 4.74 Å². The molecule has 0 radical (unpaired) electrons. The molecule has 1 fully saturated rings. The Morgan fingerprint density at radius 3 is 2.68 bits per heavy atom. The Hall–Kier alpha value is -0.900. The van der Waals surface area contributed by atoms with Crippen molar-refractivity contribution in [2.75, 3.05) is 26.8 Å². The maximum Gasteiger partial charge on any atom is 0.0589 e. The maximum absolute atomic E-state index is 6.36. The molecule has 2 atom stereocenters. The minimum Gasteiger partial charge on any atom is -0.383 e. The predicted molar refractivity (Wildman–Crippen MR) is 79.2 cm³/mol. The van der Waals surface area contributed by atoms with Gasteiger partial charge in [-0.15, -0.1) is 0 Å². The van der Waals surface area contributed by atoms with Crippen LogP contribution in [0.5, 0.6) is 0 Å². The number of rotatable bonds is 5. The second kappa shape index (κ2) is 7.04. The van der Waals surface area contributed by atoms with E-state index in [2.05, 4.69) is 36.1 Å². The van der Waals surface area contributed by atoms with E-state index in [1.807, 2.05) is 0 Å². The number of hydrogen-bond acceptors (Lipinski definition) is 3. The molecule has 0 aliphatic carbocycles. The van der Waals surface area contributed by atoms with E-state index in [0.29, 0.717) is 6.04 Å². The van der Waals surface area contributed by atoms with E-state index in [0.717, 1.165) is 32.5 Å². The molecule has 2 N–H and O–H groups in total. The number of aryl methyl sites for hydroxylation is 1. The summed E-state index contributed by atoms with van der Waals surface area (Å²) in [6.07, 6.45) is 3.39. The first-order valence-electron chi connectivity index (χ1n) is 7.33. The zero-order valence-electron chi connectivity index (χ0n) is 12.1. The molecule has 0 bridgehead atoms. The SMILES string of the molecule is CCc1ccc(C2C(N)CCCN2CCOC)cc1. The van der Waals surface area contributed by atoms with Crippen molar-refractivity contribution in [1.29, 1.82) is 0 Å². The lowest BCUT2D eigenvalue weighted by molar-refractivity contribution is 0.0848. The van der Waals surface area contributed by atoms with Crippen LogP contribution in [-0.4, -0.2) is 37.7 Å². The summed E-state index contributed by atoms with van der Waals surface area (Å²) in [6.45, 7) is 5.05. The summed E-state index contributed by atoms with van der Waals surface area (Å²) in [6, 6.07) is 9.52. The van der Waals surface area contributed by atoms with Crippen LogP contribution in [-0.2, 0) is 11.2 Å². The Bertz CT molecular complexity index is 377. The summed E-state index contributed by atoms with van der Waals surface area (Å²) in [5.41, 5.74) is 9.09. The maximum atomic E-state index is 6.36. The van der Waals surface area contributed by atoms with Gasteiger partial charge in [0.1, 0.15) is 0 Å². The van der Waals surface area contributed by atoms with Crippen molar-refractivity contribution in [3.05, 3.63) is 35.4 Å². The topological polar surface area (TPSA) is 38.5 Å². The van der Waals surface area contributed by atoms with Crippen LogP contribution in [0.4, 0.5) is 0 Å². The van der Waals surface area contributed by atoms with Crippen molar-refractivity contribution in [2.24, 2.45) is 5.73 Å². The second-order valence-corrected chi connectivity index (χ2v) is 5.37. The number of nitrogens with two attached hydrogens (primary N) is 1. The van der Waals surface area contributed by atoms with E-state index >= 15 is 0 Å². The van der Waals surface area contributed by atoms with E-state index in [1.54, 1.807) is 7.11 Å². The Morgan fingerprint density at radius 2 is 2.05 bits per heavy atom. The van der Waals surface area contributed by atoms with E-state index in [9.17, 15) is 0 Å². The van der Waals surface area contributed by atoms with Gasteiger partial charge in [0.05, 0.1) is 6.61 Å². The molecule has 1 aliphatic rings. The highest BCUT2D eigenvalue weighted by Crippen LogP contribution is 2.30. The van der Waals surface area contributed by atoms with Crippen molar-refractivity contribution in [1.82, 2.24) is 4.90 Å². The molecular formula is C16H26N2O. The van der Waals surface area contributed by atoms with Gasteiger partial charge in [-0.05, 0) is 36.9 Å². The van der Waals surface area contributed by atoms with Gasteiger partial charge in [-0.2, -0.15) is 0 Å². The van der Waals surface area contributed by atoms with Gasteiger partial charge in [-0.1, -0.05) is 31.2 Å². The van der Waals surface area contributed by atoms with Crippen LogP contribution in [0, 0.1) is 0 Å². The number of methoxy groups -OCH3 is 1. The van der Waals surface area contributed by atoms with Crippen LogP contribution in [0.25, 0.3) is 0 Å². The molecule has 0 aromatic heterocycles. The number of benzene rings is 1. The monoisotopic (exact) mass is 262 g/mol. The van der Waals surface area contributed by atoms with E-state index in [4.69, 9.17) is 10.5 Å². The van der Waals surface area contributed by atoms with Crippen LogP contribution in [0.3, 0.4) is 0 Å². The lowest BCUT2D eigenvalue weighted by Gasteiger charge is -2.40. The molecular weight excluding hydrogens is 236 g/mol. The number of hydrogen-bond donors (Lipinski definition) is 1. The molecule has 0 saturated carbocycles. The molecule has 1 aliphatic heterocycles. The first kappa shape index (κ1) is 14.5. The molecule has 0 spiro atoms. The van der Waals surface area contributed by atoms with Crippen LogP contribution in [0.1, 0.15) is 36.9 Å². The average molecular weight is 262 g/mol. The highest BCUT2D eigenvalue weighted by Gasteiger charge is 2.29. The minimum absolute atomic E-state index is 0.234. The van der Waals surface area contributed by atoms with Crippen molar-refractivity contribution in [3.63, 3.8) is 0 Å². The average Bonchev–Trinajstić information content (AvgIpc) is 2.45. The summed E-state index contributed by atoms with van der Waals surface area (Å²) in [4.78, 5) is 2.47. The molecule has 106 valence electrons. The Labute approximate surface area is 116 Å². The Morgan fingerprint density at radius 1 is 1.32 bits per heavy atom. The normalized spacial score (nSPS) is 24.6. The van der Waals surface area contributed by atoms with Gasteiger partial charge < -0.3 is 10.5 Å². The third-order valence-electron chi connectivity index (χ3n) is 4.09. The molecule has 19 heavy (non-hydrogen) atoms. The van der Waals surface area contributed by atoms with Gasteiger partial charge >= 0.3 is 0 Å². The molecule has 0 amide bonds. The van der Waals surface area contributed by atoms with Crippen molar-refractivity contribution >= 4 is 0 Å². The molecule has 2 rings (SSSR count). The standard InChI is InChI=1S/C16H26N2O/c1-3-13-6-8-14(9-7-13)16-15(17)5-4-10-18(16)11-12-19-2/h6-9,15-16H,3-5,10-12,17H2,1-2H3. The molecule has 2 unspecified atom stereocenters. The minimum atomic E-state index is 0.234. The van der Waals surface area contributed by atoms with Gasteiger partial charge in [0.15, 0.2) is 0 Å². The summed E-state index contributed by atoms with van der Waals surface area (Å²) in [5.74, 6) is 0. The number of piperidine rings is 1. The largest absolute Gasteiger partial charge is 0.383 e. The number of ether oxygens (including phenoxy) is 1. The molecule has 3 nitrogen and oxygen atoms in total. The number of nitrogens with zero attached hydrogens (tertiary/aromatic N) is 1. The third-order valence-corrected chi connectivity index (χ3v) is 4.09. The van der Waals surface area contributed by atoms with E-state index < -0.39 is 0 Å². The fourth-order valence-electron chi connectivity index (χ4n) is 2.97. The van der Waals surface area contributed by atoms with Crippen molar-refractivity contribution in [2.45, 2.75) is 38.3 Å². The zero-order valence-corrected chi connectivity index (χ0v) is 12.1. The van der Waals surface area contributed by atoms with Gasteiger partial charge in [-0.3, -0.25) is 4.90 Å². The number of likely N-dealkylation sites (tertiary alicyclic amines) is 1. The van der Waals surface area contributed by atoms with Crippen molar-refractivity contribution in [3.8, 4) is 0 Å². The summed E-state index contributed by atoms with van der Waals surface area (Å²) in [7, 11) is 1.76.